The van der Waals surface area contributed by atoms with Crippen molar-refractivity contribution in [2.45, 2.75) is 45.1 Å². The van der Waals surface area contributed by atoms with Gasteiger partial charge in [-0.1, -0.05) is 25.0 Å². The van der Waals surface area contributed by atoms with Crippen LogP contribution in [0, 0.1) is 12.3 Å². The summed E-state index contributed by atoms with van der Waals surface area (Å²) in [4.78, 5) is 11.8. The third-order valence-electron chi connectivity index (χ3n) is 4.31. The van der Waals surface area contributed by atoms with Crippen molar-refractivity contribution in [3.8, 4) is 5.75 Å². The van der Waals surface area contributed by atoms with Crippen LogP contribution in [0.5, 0.6) is 5.75 Å². The summed E-state index contributed by atoms with van der Waals surface area (Å²) in [5, 5.41) is 0. The summed E-state index contributed by atoms with van der Waals surface area (Å²) in [6.45, 7) is 2.06. The minimum Gasteiger partial charge on any atom is -0.489 e. The topological polar surface area (TPSA) is 26.3 Å². The Balaban J connectivity index is 1.76. The van der Waals surface area contributed by atoms with Gasteiger partial charge >= 0.3 is 0 Å². The van der Waals surface area contributed by atoms with Crippen LogP contribution in [0.3, 0.4) is 0 Å². The fourth-order valence-corrected chi connectivity index (χ4v) is 3.23. The Kier molecular flexibility index (Phi) is 2.46. The predicted octanol–water partition coefficient (Wildman–Crippen LogP) is 3.28. The van der Waals surface area contributed by atoms with E-state index in [1.807, 2.05) is 18.2 Å². The second kappa shape index (κ2) is 3.86. The van der Waals surface area contributed by atoms with Gasteiger partial charge in [0.25, 0.3) is 0 Å². The summed E-state index contributed by atoms with van der Waals surface area (Å²) in [5.41, 5.74) is 1.08. The van der Waals surface area contributed by atoms with E-state index >= 15 is 0 Å². The van der Waals surface area contributed by atoms with Crippen molar-refractivity contribution in [2.24, 2.45) is 5.41 Å². The first-order chi connectivity index (χ1) is 8.21. The quantitative estimate of drug-likeness (QED) is 0.779. The van der Waals surface area contributed by atoms with Gasteiger partial charge in [0.2, 0.25) is 0 Å². The van der Waals surface area contributed by atoms with Gasteiger partial charge in [0.05, 0.1) is 5.41 Å². The van der Waals surface area contributed by atoms with Crippen LogP contribution in [0.2, 0.25) is 0 Å². The maximum atomic E-state index is 11.8. The van der Waals surface area contributed by atoms with Crippen LogP contribution >= 0.6 is 0 Å². The molecule has 0 bridgehead atoms. The Morgan fingerprint density at radius 1 is 1.29 bits per heavy atom. The van der Waals surface area contributed by atoms with E-state index in [-0.39, 0.29) is 11.5 Å². The largest absolute Gasteiger partial charge is 0.489 e. The molecule has 2 nitrogen and oxygen atoms in total. The van der Waals surface area contributed by atoms with Gasteiger partial charge in [-0.2, -0.15) is 0 Å². The molecule has 1 spiro atoms. The third-order valence-corrected chi connectivity index (χ3v) is 4.31. The molecule has 0 aromatic heterocycles. The lowest BCUT2D eigenvalue weighted by Gasteiger charge is -2.44. The molecule has 0 heterocycles. The van der Waals surface area contributed by atoms with Crippen molar-refractivity contribution in [3.63, 3.8) is 0 Å². The molecule has 17 heavy (non-hydrogen) atoms. The first-order valence-corrected chi connectivity index (χ1v) is 6.47. The highest BCUT2D eigenvalue weighted by atomic mass is 16.5. The Labute approximate surface area is 102 Å². The van der Waals surface area contributed by atoms with Gasteiger partial charge in [-0.3, -0.25) is 4.79 Å². The lowest BCUT2D eigenvalue weighted by atomic mass is 9.63. The van der Waals surface area contributed by atoms with Crippen LogP contribution in [0.15, 0.2) is 24.3 Å². The molecule has 0 radical (unpaired) electrons. The summed E-state index contributed by atoms with van der Waals surface area (Å²) in [5.74, 6) is 1.33. The van der Waals surface area contributed by atoms with Crippen molar-refractivity contribution in [1.29, 1.82) is 0 Å². The summed E-state index contributed by atoms with van der Waals surface area (Å²) < 4.78 is 6.02. The van der Waals surface area contributed by atoms with Crippen molar-refractivity contribution >= 4 is 5.78 Å². The second-order valence-corrected chi connectivity index (χ2v) is 5.41. The van der Waals surface area contributed by atoms with Crippen LogP contribution < -0.4 is 4.74 Å². The molecule has 1 atom stereocenters. The monoisotopic (exact) mass is 230 g/mol. The SMILES string of the molecule is Cc1cccc(OC2CC(=O)C23CCCC3)c1. The normalized spacial score (nSPS) is 25.9. The van der Waals surface area contributed by atoms with Gasteiger partial charge in [0.1, 0.15) is 17.6 Å². The number of rotatable bonds is 2. The molecule has 2 aliphatic carbocycles. The van der Waals surface area contributed by atoms with Gasteiger partial charge in [0.15, 0.2) is 0 Å². The molecule has 1 aromatic rings. The van der Waals surface area contributed by atoms with Crippen LogP contribution in [0.4, 0.5) is 0 Å². The second-order valence-electron chi connectivity index (χ2n) is 5.41. The van der Waals surface area contributed by atoms with Gasteiger partial charge in [0, 0.05) is 6.42 Å². The number of hydrogen-bond acceptors (Lipinski definition) is 2. The van der Waals surface area contributed by atoms with Crippen molar-refractivity contribution in [1.82, 2.24) is 0 Å². The number of carbonyl (C=O) groups is 1. The molecule has 0 N–H and O–H groups in total. The molecule has 2 heteroatoms. The van der Waals surface area contributed by atoms with E-state index in [0.29, 0.717) is 12.2 Å². The molecular formula is C15H18O2. The highest BCUT2D eigenvalue weighted by Crippen LogP contribution is 2.51. The Morgan fingerprint density at radius 2 is 2.06 bits per heavy atom. The summed E-state index contributed by atoms with van der Waals surface area (Å²) >= 11 is 0. The van der Waals surface area contributed by atoms with E-state index in [1.165, 1.54) is 18.4 Å². The molecule has 0 aliphatic heterocycles. The van der Waals surface area contributed by atoms with E-state index in [0.717, 1.165) is 18.6 Å². The smallest absolute Gasteiger partial charge is 0.146 e. The van der Waals surface area contributed by atoms with Crippen LogP contribution in [-0.4, -0.2) is 11.9 Å². The lowest BCUT2D eigenvalue weighted by molar-refractivity contribution is -0.151. The average Bonchev–Trinajstić information content (AvgIpc) is 2.80. The van der Waals surface area contributed by atoms with Gasteiger partial charge in [-0.05, 0) is 37.5 Å². The highest BCUT2D eigenvalue weighted by Gasteiger charge is 2.57. The molecule has 1 aromatic carbocycles. The van der Waals surface area contributed by atoms with Gasteiger partial charge in [-0.25, -0.2) is 0 Å². The van der Waals surface area contributed by atoms with E-state index < -0.39 is 0 Å². The molecule has 0 amide bonds. The predicted molar refractivity (Wildman–Crippen MR) is 66.1 cm³/mol. The maximum absolute atomic E-state index is 11.8. The first-order valence-electron chi connectivity index (χ1n) is 6.47. The zero-order valence-electron chi connectivity index (χ0n) is 10.2. The number of ketones is 1. The zero-order chi connectivity index (χ0) is 11.9. The van der Waals surface area contributed by atoms with E-state index in [9.17, 15) is 4.79 Å². The van der Waals surface area contributed by atoms with Crippen molar-refractivity contribution in [3.05, 3.63) is 29.8 Å². The van der Waals surface area contributed by atoms with E-state index in [4.69, 9.17) is 4.74 Å². The Hall–Kier alpha value is -1.31. The number of hydrogen-bond donors (Lipinski definition) is 0. The molecule has 2 aliphatic rings. The van der Waals surface area contributed by atoms with E-state index in [1.54, 1.807) is 0 Å². The number of ether oxygens (including phenoxy) is 1. The van der Waals surface area contributed by atoms with Crippen molar-refractivity contribution < 1.29 is 9.53 Å². The summed E-state index contributed by atoms with van der Waals surface area (Å²) in [7, 11) is 0. The first kappa shape index (κ1) is 10.8. The van der Waals surface area contributed by atoms with Crippen molar-refractivity contribution in [2.75, 3.05) is 0 Å². The summed E-state index contributed by atoms with van der Waals surface area (Å²) in [6, 6.07) is 8.10. The maximum Gasteiger partial charge on any atom is 0.146 e. The molecule has 2 fully saturated rings. The Bertz CT molecular complexity index is 444. The number of carbonyl (C=O) groups excluding carboxylic acids is 1. The molecular weight excluding hydrogens is 212 g/mol. The molecule has 0 saturated heterocycles. The minimum absolute atomic E-state index is 0.121. The highest BCUT2D eigenvalue weighted by molar-refractivity contribution is 5.92. The average molecular weight is 230 g/mol. The fourth-order valence-electron chi connectivity index (χ4n) is 3.23. The fraction of sp³-hybridized carbons (Fsp3) is 0.533. The lowest BCUT2D eigenvalue weighted by Crippen LogP contribution is -2.55. The minimum atomic E-state index is -0.121. The van der Waals surface area contributed by atoms with Crippen LogP contribution in [0.1, 0.15) is 37.7 Å². The third kappa shape index (κ3) is 1.67. The number of benzene rings is 1. The standard InChI is InChI=1S/C15H18O2/c1-11-5-4-6-12(9-11)17-14-10-13(16)15(14)7-2-3-8-15/h4-6,9,14H,2-3,7-8,10H2,1H3. The van der Waals surface area contributed by atoms with E-state index in [2.05, 4.69) is 13.0 Å². The summed E-state index contributed by atoms with van der Waals surface area (Å²) in [6.07, 6.45) is 5.15. The molecule has 90 valence electrons. The molecule has 2 saturated carbocycles. The Morgan fingerprint density at radius 3 is 2.71 bits per heavy atom. The number of Topliss-reactive ketones (excluding diaryl/α,β-unsaturated/α-hetero) is 1. The zero-order valence-corrected chi connectivity index (χ0v) is 10.2. The van der Waals surface area contributed by atoms with Crippen LogP contribution in [0.25, 0.3) is 0 Å². The molecule has 3 rings (SSSR count). The molecule has 1 unspecified atom stereocenters. The van der Waals surface area contributed by atoms with Crippen LogP contribution in [-0.2, 0) is 4.79 Å². The number of aryl methyl sites for hydroxylation is 1. The van der Waals surface area contributed by atoms with Gasteiger partial charge in [-0.15, -0.1) is 0 Å². The van der Waals surface area contributed by atoms with Gasteiger partial charge < -0.3 is 4.74 Å².